The van der Waals surface area contributed by atoms with E-state index >= 15 is 0 Å². The van der Waals surface area contributed by atoms with Gasteiger partial charge in [0, 0.05) is 11.4 Å². The van der Waals surface area contributed by atoms with Crippen molar-refractivity contribution in [3.05, 3.63) is 22.4 Å². The Morgan fingerprint density at radius 1 is 1.35 bits per heavy atom. The molecule has 0 spiro atoms. The fourth-order valence-electron chi connectivity index (χ4n) is 1.91. The number of carbonyl (C=O) groups is 2. The van der Waals surface area contributed by atoms with Crippen LogP contribution in [0.2, 0.25) is 0 Å². The lowest BCUT2D eigenvalue weighted by molar-refractivity contribution is -0.142. The first-order valence-corrected chi connectivity index (χ1v) is 7.58. The topological polar surface area (TPSA) is 78.4 Å². The van der Waals surface area contributed by atoms with Crippen LogP contribution >= 0.6 is 11.3 Å². The van der Waals surface area contributed by atoms with Gasteiger partial charge in [-0.15, -0.1) is 11.3 Å². The maximum absolute atomic E-state index is 11.8. The van der Waals surface area contributed by atoms with E-state index in [0.717, 1.165) is 4.88 Å². The Morgan fingerprint density at radius 3 is 2.55 bits per heavy atom. The summed E-state index contributed by atoms with van der Waals surface area (Å²) in [4.78, 5) is 23.9. The zero-order valence-electron chi connectivity index (χ0n) is 12.1. The van der Waals surface area contributed by atoms with Crippen LogP contribution in [0, 0.1) is 11.8 Å². The molecule has 2 atom stereocenters. The molecule has 1 aromatic heterocycles. The standard InChI is InChI=1S/C14H22N2O3S/c1-9(2)7-11(13(17)18)8-15-14(19)16-10(3)12-5-4-6-20-12/h4-6,9-11H,7-8H2,1-3H3,(H,17,18)(H2,15,16,19). The lowest BCUT2D eigenvalue weighted by Gasteiger charge is -2.17. The van der Waals surface area contributed by atoms with Crippen molar-refractivity contribution in [2.24, 2.45) is 11.8 Å². The molecule has 3 N–H and O–H groups in total. The number of aliphatic carboxylic acids is 1. The van der Waals surface area contributed by atoms with E-state index in [9.17, 15) is 9.59 Å². The summed E-state index contributed by atoms with van der Waals surface area (Å²) in [5, 5.41) is 16.5. The van der Waals surface area contributed by atoms with E-state index in [1.807, 2.05) is 38.3 Å². The largest absolute Gasteiger partial charge is 0.481 e. The van der Waals surface area contributed by atoms with E-state index in [4.69, 9.17) is 5.11 Å². The highest BCUT2D eigenvalue weighted by atomic mass is 32.1. The van der Waals surface area contributed by atoms with Gasteiger partial charge < -0.3 is 15.7 Å². The molecule has 0 aliphatic heterocycles. The second kappa shape index (κ2) is 7.89. The summed E-state index contributed by atoms with van der Waals surface area (Å²) >= 11 is 1.57. The van der Waals surface area contributed by atoms with Crippen molar-refractivity contribution in [3.63, 3.8) is 0 Å². The molecule has 0 saturated carbocycles. The van der Waals surface area contributed by atoms with Gasteiger partial charge in [-0.1, -0.05) is 19.9 Å². The Balaban J connectivity index is 2.39. The quantitative estimate of drug-likeness (QED) is 0.724. The van der Waals surface area contributed by atoms with Crippen molar-refractivity contribution in [2.75, 3.05) is 6.54 Å². The van der Waals surface area contributed by atoms with Gasteiger partial charge in [0.15, 0.2) is 0 Å². The second-order valence-corrected chi connectivity index (χ2v) is 6.24. The van der Waals surface area contributed by atoms with Crippen LogP contribution in [0.25, 0.3) is 0 Å². The molecule has 0 bridgehead atoms. The van der Waals surface area contributed by atoms with E-state index in [1.165, 1.54) is 0 Å². The Bertz CT molecular complexity index is 432. The first-order chi connectivity index (χ1) is 9.40. The van der Waals surface area contributed by atoms with Crippen LogP contribution in [0.15, 0.2) is 17.5 Å². The van der Waals surface area contributed by atoms with E-state index < -0.39 is 11.9 Å². The van der Waals surface area contributed by atoms with Gasteiger partial charge >= 0.3 is 12.0 Å². The minimum Gasteiger partial charge on any atom is -0.481 e. The molecule has 0 radical (unpaired) electrons. The molecule has 0 aliphatic rings. The third-order valence-electron chi connectivity index (χ3n) is 2.93. The average molecular weight is 298 g/mol. The van der Waals surface area contributed by atoms with Gasteiger partial charge in [-0.2, -0.15) is 0 Å². The normalized spacial score (nSPS) is 13.8. The minimum atomic E-state index is -0.870. The number of carboxylic acid groups (broad SMARTS) is 1. The number of rotatable bonds is 7. The zero-order chi connectivity index (χ0) is 15.1. The number of nitrogens with one attached hydrogen (secondary N) is 2. The summed E-state index contributed by atoms with van der Waals surface area (Å²) in [6.07, 6.45) is 0.552. The number of carboxylic acids is 1. The van der Waals surface area contributed by atoms with Gasteiger partial charge in [0.05, 0.1) is 12.0 Å². The number of amides is 2. The van der Waals surface area contributed by atoms with Gasteiger partial charge in [-0.05, 0) is 30.7 Å². The highest BCUT2D eigenvalue weighted by molar-refractivity contribution is 7.10. The molecule has 2 amide bonds. The highest BCUT2D eigenvalue weighted by Crippen LogP contribution is 2.17. The Morgan fingerprint density at radius 2 is 2.05 bits per heavy atom. The molecular formula is C14H22N2O3S. The molecule has 5 nitrogen and oxygen atoms in total. The van der Waals surface area contributed by atoms with E-state index in [1.54, 1.807) is 11.3 Å². The summed E-state index contributed by atoms with van der Waals surface area (Å²) in [6, 6.07) is 3.47. The minimum absolute atomic E-state index is 0.0802. The summed E-state index contributed by atoms with van der Waals surface area (Å²) in [5.41, 5.74) is 0. The first-order valence-electron chi connectivity index (χ1n) is 6.70. The second-order valence-electron chi connectivity index (χ2n) is 5.26. The van der Waals surface area contributed by atoms with Crippen LogP contribution in [0.4, 0.5) is 4.79 Å². The smallest absolute Gasteiger partial charge is 0.315 e. The Labute approximate surface area is 123 Å². The molecule has 0 fully saturated rings. The van der Waals surface area contributed by atoms with Crippen molar-refractivity contribution < 1.29 is 14.7 Å². The summed E-state index contributed by atoms with van der Waals surface area (Å²) in [7, 11) is 0. The van der Waals surface area contributed by atoms with Crippen LogP contribution in [-0.2, 0) is 4.79 Å². The molecule has 20 heavy (non-hydrogen) atoms. The molecular weight excluding hydrogens is 276 g/mol. The monoisotopic (exact) mass is 298 g/mol. The van der Waals surface area contributed by atoms with Crippen LogP contribution in [0.3, 0.4) is 0 Å². The van der Waals surface area contributed by atoms with Crippen molar-refractivity contribution in [2.45, 2.75) is 33.2 Å². The number of carbonyl (C=O) groups excluding carboxylic acids is 1. The average Bonchev–Trinajstić information content (AvgIpc) is 2.87. The molecule has 0 aliphatic carbocycles. The Hall–Kier alpha value is -1.56. The molecule has 0 aromatic carbocycles. The SMILES string of the molecule is CC(C)CC(CNC(=O)NC(C)c1cccs1)C(=O)O. The van der Waals surface area contributed by atoms with Gasteiger partial charge in [-0.25, -0.2) is 4.79 Å². The number of urea groups is 1. The molecule has 1 heterocycles. The van der Waals surface area contributed by atoms with Crippen LogP contribution < -0.4 is 10.6 Å². The lowest BCUT2D eigenvalue weighted by Crippen LogP contribution is -2.41. The lowest BCUT2D eigenvalue weighted by atomic mass is 9.97. The summed E-state index contributed by atoms with van der Waals surface area (Å²) in [5.74, 6) is -1.13. The number of thiophene rings is 1. The molecule has 0 saturated heterocycles. The van der Waals surface area contributed by atoms with E-state index in [2.05, 4.69) is 10.6 Å². The third kappa shape index (κ3) is 5.61. The predicted molar refractivity (Wildman–Crippen MR) is 79.8 cm³/mol. The maximum atomic E-state index is 11.8. The predicted octanol–water partition coefficient (Wildman–Crippen LogP) is 2.86. The Kier molecular flexibility index (Phi) is 6.51. The van der Waals surface area contributed by atoms with Crippen molar-refractivity contribution in [1.29, 1.82) is 0 Å². The van der Waals surface area contributed by atoms with Crippen molar-refractivity contribution >= 4 is 23.3 Å². The van der Waals surface area contributed by atoms with Gasteiger partial charge in [-0.3, -0.25) is 4.79 Å². The molecule has 2 unspecified atom stereocenters. The van der Waals surface area contributed by atoms with Gasteiger partial charge in [0.1, 0.15) is 0 Å². The van der Waals surface area contributed by atoms with Crippen LogP contribution in [0.1, 0.15) is 38.1 Å². The fraction of sp³-hybridized carbons (Fsp3) is 0.571. The summed E-state index contributed by atoms with van der Waals surface area (Å²) < 4.78 is 0. The zero-order valence-corrected chi connectivity index (χ0v) is 12.9. The maximum Gasteiger partial charge on any atom is 0.315 e. The van der Waals surface area contributed by atoms with E-state index in [0.29, 0.717) is 6.42 Å². The molecule has 6 heteroatoms. The van der Waals surface area contributed by atoms with Gasteiger partial charge in [0.2, 0.25) is 0 Å². The molecule has 112 valence electrons. The van der Waals surface area contributed by atoms with Crippen molar-refractivity contribution in [3.8, 4) is 0 Å². The highest BCUT2D eigenvalue weighted by Gasteiger charge is 2.20. The van der Waals surface area contributed by atoms with Gasteiger partial charge in [0.25, 0.3) is 0 Å². The first kappa shape index (κ1) is 16.5. The molecule has 1 aromatic rings. The summed E-state index contributed by atoms with van der Waals surface area (Å²) in [6.45, 7) is 5.98. The molecule has 1 rings (SSSR count). The fourth-order valence-corrected chi connectivity index (χ4v) is 2.65. The number of hydrogen-bond acceptors (Lipinski definition) is 3. The van der Waals surface area contributed by atoms with Crippen molar-refractivity contribution in [1.82, 2.24) is 10.6 Å². The van der Waals surface area contributed by atoms with Crippen LogP contribution in [0.5, 0.6) is 0 Å². The third-order valence-corrected chi connectivity index (χ3v) is 3.99. The van der Waals surface area contributed by atoms with E-state index in [-0.39, 0.29) is 24.5 Å². The number of hydrogen-bond donors (Lipinski definition) is 3. The van der Waals surface area contributed by atoms with Crippen LogP contribution in [-0.4, -0.2) is 23.7 Å².